The van der Waals surface area contributed by atoms with Gasteiger partial charge in [-0.3, -0.25) is 14.4 Å². The lowest BCUT2D eigenvalue weighted by Gasteiger charge is -2.29. The van der Waals surface area contributed by atoms with Gasteiger partial charge in [0.15, 0.2) is 9.84 Å². The Morgan fingerprint density at radius 3 is 2.39 bits per heavy atom. The van der Waals surface area contributed by atoms with Crippen LogP contribution < -0.4 is 5.32 Å². The fourth-order valence-corrected chi connectivity index (χ4v) is 6.66. The minimum Gasteiger partial charge on any atom is -0.442 e. The van der Waals surface area contributed by atoms with E-state index < -0.39 is 69.0 Å². The van der Waals surface area contributed by atoms with Crippen LogP contribution in [0.1, 0.15) is 40.2 Å². The number of nitrogens with one attached hydrogen (secondary N) is 1. The van der Waals surface area contributed by atoms with Gasteiger partial charge in [0.2, 0.25) is 17.6 Å². The van der Waals surface area contributed by atoms with Gasteiger partial charge in [-0.1, -0.05) is 54.6 Å². The van der Waals surface area contributed by atoms with Gasteiger partial charge >= 0.3 is 6.11 Å². The van der Waals surface area contributed by atoms with Crippen LogP contribution in [-0.2, 0) is 42.4 Å². The number of oxazole rings is 1. The number of aliphatic hydroxyl groups is 1. The monoisotopic (exact) mass is 633 g/mol. The minimum atomic E-state index is -4.31. The molecule has 0 bridgehead atoms. The Morgan fingerprint density at radius 1 is 1.05 bits per heavy atom. The van der Waals surface area contributed by atoms with Crippen LogP contribution in [0.2, 0.25) is 0 Å². The summed E-state index contributed by atoms with van der Waals surface area (Å²) in [5, 5.41) is 11.9. The summed E-state index contributed by atoms with van der Waals surface area (Å²) in [5.74, 6) is -5.52. The number of carbonyl (C=O) groups excluding carboxylic acids is 3. The maximum absolute atomic E-state index is 13.8. The van der Waals surface area contributed by atoms with Crippen LogP contribution in [0, 0.1) is 5.92 Å². The molecule has 1 aliphatic rings. The summed E-state index contributed by atoms with van der Waals surface area (Å²) in [6, 6.07) is 12.6. The van der Waals surface area contributed by atoms with Crippen molar-refractivity contribution in [3.8, 4) is 0 Å². The summed E-state index contributed by atoms with van der Waals surface area (Å²) in [4.78, 5) is 45.4. The molecule has 2 heterocycles. The standard InChI is InChI=1S/C30H33F2N3O8S/c31-30(32,39)24-9-5-4-8-22(24)19-44(40,41)20-23(18-26(36)35-13-16-42-17-14-35)28(38)34-25(27(37)29-33-12-15-43-29)11-10-21-6-2-1-3-7-21/h1-9,12,15,23,25,39H,10-11,13-14,16-20H2,(H,34,38)/t23?,25-/m0/s1. The number of carbonyl (C=O) groups is 3. The maximum atomic E-state index is 13.8. The second-order valence-electron chi connectivity index (χ2n) is 10.4. The van der Waals surface area contributed by atoms with Crippen LogP contribution >= 0.6 is 0 Å². The molecule has 1 fully saturated rings. The molecular formula is C30H33F2N3O8S. The van der Waals surface area contributed by atoms with Crippen LogP contribution in [0.3, 0.4) is 0 Å². The molecule has 2 N–H and O–H groups in total. The molecule has 2 amide bonds. The summed E-state index contributed by atoms with van der Waals surface area (Å²) in [7, 11) is -4.31. The van der Waals surface area contributed by atoms with Crippen LogP contribution in [0.15, 0.2) is 71.5 Å². The molecule has 0 spiro atoms. The van der Waals surface area contributed by atoms with Crippen molar-refractivity contribution in [2.24, 2.45) is 5.92 Å². The summed E-state index contributed by atoms with van der Waals surface area (Å²) >= 11 is 0. The molecule has 2 atom stereocenters. The Morgan fingerprint density at radius 2 is 1.73 bits per heavy atom. The van der Waals surface area contributed by atoms with E-state index in [-0.39, 0.29) is 44.2 Å². The highest BCUT2D eigenvalue weighted by molar-refractivity contribution is 7.90. The Balaban J connectivity index is 1.57. The van der Waals surface area contributed by atoms with Crippen LogP contribution in [-0.4, -0.2) is 79.1 Å². The maximum Gasteiger partial charge on any atom is 0.381 e. The quantitative estimate of drug-likeness (QED) is 0.255. The molecule has 1 aliphatic heterocycles. The van der Waals surface area contributed by atoms with Crippen LogP contribution in [0.4, 0.5) is 8.78 Å². The fraction of sp³-hybridized carbons (Fsp3) is 0.400. The molecule has 1 saturated heterocycles. The predicted molar refractivity (Wildman–Crippen MR) is 153 cm³/mol. The largest absolute Gasteiger partial charge is 0.442 e. The number of halogens is 2. The summed E-state index contributed by atoms with van der Waals surface area (Å²) < 4.78 is 64.6. The van der Waals surface area contributed by atoms with E-state index in [9.17, 15) is 36.7 Å². The zero-order chi connectivity index (χ0) is 31.7. The number of alkyl halides is 2. The van der Waals surface area contributed by atoms with Gasteiger partial charge in [0.1, 0.15) is 6.26 Å². The molecule has 0 saturated carbocycles. The Hall–Kier alpha value is -4.01. The van der Waals surface area contributed by atoms with Crippen molar-refractivity contribution >= 4 is 27.4 Å². The highest BCUT2D eigenvalue weighted by Crippen LogP contribution is 2.29. The number of benzene rings is 2. The molecule has 2 aromatic carbocycles. The Kier molecular flexibility index (Phi) is 10.9. The number of Topliss-reactive ketones (excluding diaryl/α,β-unsaturated/α-hetero) is 1. The third-order valence-corrected chi connectivity index (χ3v) is 8.83. The number of morpholine rings is 1. The predicted octanol–water partition coefficient (Wildman–Crippen LogP) is 2.50. The smallest absolute Gasteiger partial charge is 0.381 e. The Labute approximate surface area is 253 Å². The zero-order valence-corrected chi connectivity index (χ0v) is 24.5. The summed E-state index contributed by atoms with van der Waals surface area (Å²) in [6.45, 7) is 1.06. The van der Waals surface area contributed by atoms with E-state index in [1.807, 2.05) is 30.3 Å². The lowest BCUT2D eigenvalue weighted by atomic mass is 9.99. The summed E-state index contributed by atoms with van der Waals surface area (Å²) in [5.41, 5.74) is -0.349. The number of nitrogens with zero attached hydrogens (tertiary/aromatic N) is 2. The zero-order valence-electron chi connectivity index (χ0n) is 23.7. The van der Waals surface area contributed by atoms with Gasteiger partial charge in [-0.25, -0.2) is 13.4 Å². The lowest BCUT2D eigenvalue weighted by molar-refractivity contribution is -0.209. The molecule has 1 aromatic heterocycles. The number of rotatable bonds is 14. The average Bonchev–Trinajstić information content (AvgIpc) is 3.54. The molecule has 44 heavy (non-hydrogen) atoms. The van der Waals surface area contributed by atoms with E-state index in [4.69, 9.17) is 9.15 Å². The number of aryl methyl sites for hydroxylation is 1. The molecule has 4 rings (SSSR count). The van der Waals surface area contributed by atoms with Crippen molar-refractivity contribution in [2.75, 3.05) is 32.1 Å². The topological polar surface area (TPSA) is 156 Å². The normalized spacial score (nSPS) is 15.4. The van der Waals surface area contributed by atoms with Gasteiger partial charge in [-0.15, -0.1) is 0 Å². The molecule has 236 valence electrons. The van der Waals surface area contributed by atoms with Gasteiger partial charge in [0, 0.05) is 19.5 Å². The highest BCUT2D eigenvalue weighted by Gasteiger charge is 2.36. The first-order valence-electron chi connectivity index (χ1n) is 14.0. The second kappa shape index (κ2) is 14.6. The van der Waals surface area contributed by atoms with Crippen molar-refractivity contribution in [3.05, 3.63) is 89.6 Å². The number of hydrogen-bond donors (Lipinski definition) is 2. The van der Waals surface area contributed by atoms with E-state index in [2.05, 4.69) is 10.3 Å². The van der Waals surface area contributed by atoms with Gasteiger partial charge in [0.05, 0.1) is 48.4 Å². The van der Waals surface area contributed by atoms with Crippen molar-refractivity contribution in [2.45, 2.75) is 37.2 Å². The minimum absolute atomic E-state index is 0.118. The summed E-state index contributed by atoms with van der Waals surface area (Å²) in [6.07, 6.45) is -1.84. The molecule has 0 radical (unpaired) electrons. The second-order valence-corrected chi connectivity index (χ2v) is 12.5. The van der Waals surface area contributed by atoms with Crippen molar-refractivity contribution in [3.63, 3.8) is 0 Å². The molecule has 1 unspecified atom stereocenters. The SMILES string of the molecule is O=C(N[C@@H](CCc1ccccc1)C(=O)c1ncco1)C(CC(=O)N1CCOCC1)CS(=O)(=O)Cc1ccccc1C(O)(F)F. The number of ketones is 1. The number of amides is 2. The van der Waals surface area contributed by atoms with Crippen molar-refractivity contribution < 1.29 is 45.8 Å². The number of sulfone groups is 1. The first-order valence-corrected chi connectivity index (χ1v) is 15.8. The average molecular weight is 634 g/mol. The molecule has 11 nitrogen and oxygen atoms in total. The number of aromatic nitrogens is 1. The van der Waals surface area contributed by atoms with E-state index in [0.717, 1.165) is 17.7 Å². The van der Waals surface area contributed by atoms with E-state index in [0.29, 0.717) is 6.42 Å². The van der Waals surface area contributed by atoms with Crippen molar-refractivity contribution in [1.82, 2.24) is 15.2 Å². The van der Waals surface area contributed by atoms with Crippen molar-refractivity contribution in [1.29, 1.82) is 0 Å². The fourth-order valence-electron chi connectivity index (χ4n) is 4.93. The molecule has 0 aliphatic carbocycles. The van der Waals surface area contributed by atoms with E-state index in [1.54, 1.807) is 0 Å². The highest BCUT2D eigenvalue weighted by atomic mass is 32.2. The first-order chi connectivity index (χ1) is 20.9. The van der Waals surface area contributed by atoms with Gasteiger partial charge in [-0.05, 0) is 24.0 Å². The third kappa shape index (κ3) is 9.24. The molecular weight excluding hydrogens is 600 g/mol. The van der Waals surface area contributed by atoms with Gasteiger partial charge in [-0.2, -0.15) is 8.78 Å². The van der Waals surface area contributed by atoms with E-state index >= 15 is 0 Å². The van der Waals surface area contributed by atoms with Crippen LogP contribution in [0.5, 0.6) is 0 Å². The first kappa shape index (κ1) is 32.9. The number of hydrogen-bond acceptors (Lipinski definition) is 9. The van der Waals surface area contributed by atoms with E-state index in [1.165, 1.54) is 29.5 Å². The van der Waals surface area contributed by atoms with Gasteiger partial charge in [0.25, 0.3) is 5.89 Å². The third-order valence-electron chi connectivity index (χ3n) is 7.17. The van der Waals surface area contributed by atoms with Gasteiger partial charge < -0.3 is 24.5 Å². The lowest BCUT2D eigenvalue weighted by Crippen LogP contribution is -2.48. The van der Waals surface area contributed by atoms with Crippen LogP contribution in [0.25, 0.3) is 0 Å². The molecule has 3 aromatic rings. The Bertz CT molecular complexity index is 1520. The number of ether oxygens (including phenoxy) is 1. The molecule has 14 heteroatoms.